The van der Waals surface area contributed by atoms with Crippen LogP contribution in [0.3, 0.4) is 0 Å². The first-order valence-electron chi connectivity index (χ1n) is 7.33. The summed E-state index contributed by atoms with van der Waals surface area (Å²) in [6, 6.07) is 6.00. The van der Waals surface area contributed by atoms with Crippen LogP contribution in [0.5, 0.6) is 0 Å². The van der Waals surface area contributed by atoms with Crippen molar-refractivity contribution >= 4 is 15.5 Å². The molecule has 1 saturated carbocycles. The van der Waals surface area contributed by atoms with Gasteiger partial charge in [0, 0.05) is 11.7 Å². The Balaban J connectivity index is 2.09. The molecule has 0 heterocycles. The molecule has 0 spiro atoms. The molecule has 21 heavy (non-hydrogen) atoms. The number of alkyl halides is 2. The van der Waals surface area contributed by atoms with Gasteiger partial charge in [0.1, 0.15) is 0 Å². The molecule has 0 aromatic heterocycles. The summed E-state index contributed by atoms with van der Waals surface area (Å²) in [4.78, 5) is -0.335. The van der Waals surface area contributed by atoms with E-state index in [1.165, 1.54) is 31.4 Å². The Morgan fingerprint density at radius 3 is 2.38 bits per heavy atom. The molecule has 6 heteroatoms. The van der Waals surface area contributed by atoms with Crippen LogP contribution in [-0.2, 0) is 9.84 Å². The van der Waals surface area contributed by atoms with Crippen LogP contribution in [0.25, 0.3) is 0 Å². The molecule has 2 rings (SSSR count). The molecule has 1 aromatic rings. The molecule has 0 radical (unpaired) electrons. The fraction of sp³-hybridized carbons (Fsp3) is 0.600. The number of benzene rings is 1. The first kappa shape index (κ1) is 16.2. The molecule has 1 N–H and O–H groups in total. The highest BCUT2D eigenvalue weighted by molar-refractivity contribution is 7.91. The number of rotatable bonds is 5. The lowest BCUT2D eigenvalue weighted by Gasteiger charge is -2.32. The second kappa shape index (κ2) is 6.73. The molecule has 2 atom stereocenters. The van der Waals surface area contributed by atoms with E-state index in [1.807, 2.05) is 0 Å². The summed E-state index contributed by atoms with van der Waals surface area (Å²) < 4.78 is 47.7. The predicted octanol–water partition coefficient (Wildman–Crippen LogP) is 4.06. The van der Waals surface area contributed by atoms with Crippen molar-refractivity contribution in [2.45, 2.75) is 55.7 Å². The van der Waals surface area contributed by atoms with Crippen LogP contribution in [0.4, 0.5) is 14.5 Å². The van der Waals surface area contributed by atoms with Crippen molar-refractivity contribution in [2.75, 3.05) is 5.32 Å². The molecule has 3 nitrogen and oxygen atoms in total. The summed E-state index contributed by atoms with van der Waals surface area (Å²) >= 11 is 0. The van der Waals surface area contributed by atoms with E-state index in [9.17, 15) is 17.2 Å². The molecule has 2 unspecified atom stereocenters. The maximum absolute atomic E-state index is 12.5. The monoisotopic (exact) mass is 317 g/mol. The summed E-state index contributed by atoms with van der Waals surface area (Å²) in [7, 11) is -4.50. The van der Waals surface area contributed by atoms with Crippen LogP contribution in [0, 0.1) is 5.92 Å². The van der Waals surface area contributed by atoms with E-state index < -0.39 is 15.6 Å². The lowest BCUT2D eigenvalue weighted by atomic mass is 9.83. The zero-order valence-electron chi connectivity index (χ0n) is 12.1. The van der Waals surface area contributed by atoms with E-state index in [1.54, 1.807) is 12.1 Å². The minimum atomic E-state index is -4.50. The molecular weight excluding hydrogens is 296 g/mol. The van der Waals surface area contributed by atoms with Gasteiger partial charge in [0.05, 0.1) is 4.90 Å². The summed E-state index contributed by atoms with van der Waals surface area (Å²) in [5.74, 6) is -2.76. The standard InChI is InChI=1S/C15H21F2NO2S/c1-2-11-5-3-4-6-14(11)18-12-7-9-13(10-8-12)21(19,20)15(16)17/h7-11,14-15,18H,2-6H2,1H3. The normalized spacial score (nSPS) is 23.2. The summed E-state index contributed by atoms with van der Waals surface area (Å²) in [5, 5.41) is 3.41. The van der Waals surface area contributed by atoms with Crippen molar-refractivity contribution in [3.05, 3.63) is 24.3 Å². The molecule has 0 aliphatic heterocycles. The third-order valence-corrected chi connectivity index (χ3v) is 5.60. The maximum Gasteiger partial charge on any atom is 0.341 e. The average Bonchev–Trinajstić information content (AvgIpc) is 2.48. The highest BCUT2D eigenvalue weighted by atomic mass is 32.2. The zero-order valence-corrected chi connectivity index (χ0v) is 12.9. The lowest BCUT2D eigenvalue weighted by Crippen LogP contribution is -2.31. The van der Waals surface area contributed by atoms with Crippen molar-refractivity contribution in [1.82, 2.24) is 0 Å². The van der Waals surface area contributed by atoms with Gasteiger partial charge < -0.3 is 5.32 Å². The fourth-order valence-electron chi connectivity index (χ4n) is 2.94. The number of anilines is 1. The Bertz CT molecular complexity index is 558. The van der Waals surface area contributed by atoms with Crippen molar-refractivity contribution in [2.24, 2.45) is 5.92 Å². The average molecular weight is 317 g/mol. The second-order valence-electron chi connectivity index (χ2n) is 5.53. The summed E-state index contributed by atoms with van der Waals surface area (Å²) in [5.41, 5.74) is 0.786. The lowest BCUT2D eigenvalue weighted by molar-refractivity contribution is 0.234. The van der Waals surface area contributed by atoms with Crippen LogP contribution >= 0.6 is 0 Å². The molecule has 1 aliphatic rings. The van der Waals surface area contributed by atoms with E-state index in [0.717, 1.165) is 18.5 Å². The Hall–Kier alpha value is -1.17. The van der Waals surface area contributed by atoms with Gasteiger partial charge in [-0.15, -0.1) is 0 Å². The molecule has 118 valence electrons. The van der Waals surface area contributed by atoms with E-state index >= 15 is 0 Å². The van der Waals surface area contributed by atoms with Crippen LogP contribution in [-0.4, -0.2) is 20.2 Å². The largest absolute Gasteiger partial charge is 0.382 e. The van der Waals surface area contributed by atoms with Gasteiger partial charge in [-0.05, 0) is 43.0 Å². The van der Waals surface area contributed by atoms with Gasteiger partial charge in [0.25, 0.3) is 0 Å². The number of halogens is 2. The van der Waals surface area contributed by atoms with Gasteiger partial charge in [-0.3, -0.25) is 0 Å². The fourth-order valence-corrected chi connectivity index (χ4v) is 3.67. The van der Waals surface area contributed by atoms with Gasteiger partial charge in [0.15, 0.2) is 0 Å². The van der Waals surface area contributed by atoms with Crippen molar-refractivity contribution in [1.29, 1.82) is 0 Å². The van der Waals surface area contributed by atoms with Crippen molar-refractivity contribution < 1.29 is 17.2 Å². The topological polar surface area (TPSA) is 46.2 Å². The predicted molar refractivity (Wildman–Crippen MR) is 79.3 cm³/mol. The van der Waals surface area contributed by atoms with E-state index in [0.29, 0.717) is 12.0 Å². The molecule has 0 amide bonds. The Morgan fingerprint density at radius 1 is 1.19 bits per heavy atom. The maximum atomic E-state index is 12.5. The zero-order chi connectivity index (χ0) is 15.5. The second-order valence-corrected chi connectivity index (χ2v) is 7.45. The van der Waals surface area contributed by atoms with E-state index in [2.05, 4.69) is 12.2 Å². The SMILES string of the molecule is CCC1CCCCC1Nc1ccc(S(=O)(=O)C(F)F)cc1. The van der Waals surface area contributed by atoms with Crippen molar-refractivity contribution in [3.8, 4) is 0 Å². The van der Waals surface area contributed by atoms with Gasteiger partial charge in [-0.1, -0.05) is 26.2 Å². The van der Waals surface area contributed by atoms with Gasteiger partial charge >= 0.3 is 5.76 Å². The summed E-state index contributed by atoms with van der Waals surface area (Å²) in [6.07, 6.45) is 5.84. The Morgan fingerprint density at radius 2 is 1.81 bits per heavy atom. The highest BCUT2D eigenvalue weighted by Gasteiger charge is 2.27. The quantitative estimate of drug-likeness (QED) is 0.890. The van der Waals surface area contributed by atoms with E-state index in [4.69, 9.17) is 0 Å². The van der Waals surface area contributed by atoms with Crippen molar-refractivity contribution in [3.63, 3.8) is 0 Å². The third kappa shape index (κ3) is 3.73. The minimum Gasteiger partial charge on any atom is -0.382 e. The minimum absolute atomic E-state index is 0.335. The number of nitrogens with one attached hydrogen (secondary N) is 1. The first-order valence-corrected chi connectivity index (χ1v) is 8.88. The van der Waals surface area contributed by atoms with Crippen LogP contribution < -0.4 is 5.32 Å². The Kier molecular flexibility index (Phi) is 5.19. The van der Waals surface area contributed by atoms with Gasteiger partial charge in [-0.25, -0.2) is 8.42 Å². The van der Waals surface area contributed by atoms with Gasteiger partial charge in [-0.2, -0.15) is 8.78 Å². The molecule has 0 bridgehead atoms. The smallest absolute Gasteiger partial charge is 0.341 e. The highest BCUT2D eigenvalue weighted by Crippen LogP contribution is 2.30. The molecule has 0 saturated heterocycles. The van der Waals surface area contributed by atoms with Gasteiger partial charge in [0.2, 0.25) is 9.84 Å². The van der Waals surface area contributed by atoms with Crippen LogP contribution in [0.2, 0.25) is 0 Å². The molecule has 1 fully saturated rings. The number of hydrogen-bond acceptors (Lipinski definition) is 3. The molecular formula is C15H21F2NO2S. The number of hydrogen-bond donors (Lipinski definition) is 1. The van der Waals surface area contributed by atoms with Crippen LogP contribution in [0.1, 0.15) is 39.0 Å². The molecule has 1 aromatic carbocycles. The van der Waals surface area contributed by atoms with E-state index in [-0.39, 0.29) is 4.90 Å². The third-order valence-electron chi connectivity index (χ3n) is 4.20. The summed E-state index contributed by atoms with van der Waals surface area (Å²) in [6.45, 7) is 2.17. The van der Waals surface area contributed by atoms with Crippen LogP contribution in [0.15, 0.2) is 29.2 Å². The first-order chi connectivity index (χ1) is 9.95. The Labute approximate surface area is 124 Å². The molecule has 1 aliphatic carbocycles. The number of sulfone groups is 1.